The molecule has 98 valence electrons. The highest BCUT2D eigenvalue weighted by molar-refractivity contribution is 5.53. The van der Waals surface area contributed by atoms with Crippen LogP contribution in [0.3, 0.4) is 0 Å². The average molecular weight is 243 g/mol. The van der Waals surface area contributed by atoms with Crippen LogP contribution < -0.4 is 5.32 Å². The van der Waals surface area contributed by atoms with Gasteiger partial charge in [0.15, 0.2) is 0 Å². The molecule has 1 aliphatic carbocycles. The highest BCUT2D eigenvalue weighted by Crippen LogP contribution is 2.37. The number of nitrogens with one attached hydrogen (secondary N) is 1. The summed E-state index contributed by atoms with van der Waals surface area (Å²) in [7, 11) is 0. The predicted molar refractivity (Wildman–Crippen MR) is 77.9 cm³/mol. The molecule has 0 amide bonds. The quantitative estimate of drug-likeness (QED) is 0.798. The molecule has 0 aromatic heterocycles. The second-order valence-corrected chi connectivity index (χ2v) is 6.15. The summed E-state index contributed by atoms with van der Waals surface area (Å²) in [4.78, 5) is 0. The minimum Gasteiger partial charge on any atom is -0.382 e. The normalized spacial score (nSPS) is 31.5. The van der Waals surface area contributed by atoms with Crippen molar-refractivity contribution in [3.05, 3.63) is 29.8 Å². The molecule has 1 nitrogen and oxygen atoms in total. The summed E-state index contributed by atoms with van der Waals surface area (Å²) in [5.41, 5.74) is 2.91. The van der Waals surface area contributed by atoms with Crippen molar-refractivity contribution in [1.82, 2.24) is 0 Å². The molecule has 2 aliphatic rings. The van der Waals surface area contributed by atoms with Crippen LogP contribution in [0.5, 0.6) is 0 Å². The van der Waals surface area contributed by atoms with E-state index >= 15 is 0 Å². The largest absolute Gasteiger partial charge is 0.382 e. The molecular formula is C17H25N. The molecule has 0 saturated heterocycles. The Hall–Kier alpha value is -0.980. The van der Waals surface area contributed by atoms with Gasteiger partial charge in [0.25, 0.3) is 0 Å². The standard InChI is InChI=1S/C17H25N/c1-2-13-6-5-8-15(12-13)17-11-10-14-7-3-4-9-16(14)18-17/h3-4,7,9,13,15,17-18H,2,5-6,8,10-12H2,1H3. The Kier molecular flexibility index (Phi) is 3.58. The van der Waals surface area contributed by atoms with Crippen LogP contribution in [0.25, 0.3) is 0 Å². The lowest BCUT2D eigenvalue weighted by Gasteiger charge is -2.38. The van der Waals surface area contributed by atoms with Gasteiger partial charge < -0.3 is 5.32 Å². The van der Waals surface area contributed by atoms with Gasteiger partial charge >= 0.3 is 0 Å². The van der Waals surface area contributed by atoms with Crippen LogP contribution in [0.1, 0.15) is 51.0 Å². The van der Waals surface area contributed by atoms with Crippen LogP contribution in [0, 0.1) is 11.8 Å². The summed E-state index contributed by atoms with van der Waals surface area (Å²) >= 11 is 0. The van der Waals surface area contributed by atoms with E-state index < -0.39 is 0 Å². The number of hydrogen-bond acceptors (Lipinski definition) is 1. The molecule has 3 unspecified atom stereocenters. The smallest absolute Gasteiger partial charge is 0.0374 e. The molecule has 1 N–H and O–H groups in total. The number of benzene rings is 1. The zero-order valence-corrected chi connectivity index (χ0v) is 11.5. The van der Waals surface area contributed by atoms with Crippen molar-refractivity contribution in [2.75, 3.05) is 5.32 Å². The molecule has 1 heteroatoms. The van der Waals surface area contributed by atoms with E-state index in [0.717, 1.165) is 17.9 Å². The van der Waals surface area contributed by atoms with Gasteiger partial charge in [-0.1, -0.05) is 44.4 Å². The van der Waals surface area contributed by atoms with E-state index in [1.807, 2.05) is 0 Å². The Balaban J connectivity index is 1.68. The zero-order chi connectivity index (χ0) is 12.4. The van der Waals surface area contributed by atoms with Gasteiger partial charge in [-0.2, -0.15) is 0 Å². The fourth-order valence-electron chi connectivity index (χ4n) is 3.88. The molecule has 0 spiro atoms. The van der Waals surface area contributed by atoms with Gasteiger partial charge in [0.1, 0.15) is 0 Å². The van der Waals surface area contributed by atoms with E-state index in [0.29, 0.717) is 0 Å². The van der Waals surface area contributed by atoms with Crippen molar-refractivity contribution in [2.45, 2.75) is 57.9 Å². The Morgan fingerprint density at radius 2 is 2.06 bits per heavy atom. The number of rotatable bonds is 2. The summed E-state index contributed by atoms with van der Waals surface area (Å²) in [6.45, 7) is 2.36. The molecule has 0 bridgehead atoms. The summed E-state index contributed by atoms with van der Waals surface area (Å²) in [5, 5.41) is 3.81. The fourth-order valence-corrected chi connectivity index (χ4v) is 3.88. The Bertz CT molecular complexity index is 398. The molecule has 1 saturated carbocycles. The van der Waals surface area contributed by atoms with Gasteiger partial charge in [-0.3, -0.25) is 0 Å². The van der Waals surface area contributed by atoms with Crippen LogP contribution in [-0.4, -0.2) is 6.04 Å². The van der Waals surface area contributed by atoms with Crippen molar-refractivity contribution < 1.29 is 0 Å². The van der Waals surface area contributed by atoms with Gasteiger partial charge in [-0.05, 0) is 49.1 Å². The minimum absolute atomic E-state index is 0.731. The first kappa shape index (κ1) is 12.1. The Labute approximate surface area is 111 Å². The van der Waals surface area contributed by atoms with E-state index in [1.165, 1.54) is 56.2 Å². The first-order valence-electron chi connectivity index (χ1n) is 7.71. The van der Waals surface area contributed by atoms with Gasteiger partial charge in [0.2, 0.25) is 0 Å². The Morgan fingerprint density at radius 3 is 2.94 bits per heavy atom. The maximum atomic E-state index is 3.81. The summed E-state index contributed by atoms with van der Waals surface area (Å²) in [5.74, 6) is 1.90. The second kappa shape index (κ2) is 5.34. The van der Waals surface area contributed by atoms with Crippen LogP contribution in [0.15, 0.2) is 24.3 Å². The average Bonchev–Trinajstić information content (AvgIpc) is 2.47. The lowest BCUT2D eigenvalue weighted by molar-refractivity contribution is 0.230. The van der Waals surface area contributed by atoms with E-state index in [1.54, 1.807) is 0 Å². The molecule has 1 heterocycles. The van der Waals surface area contributed by atoms with Gasteiger partial charge in [0, 0.05) is 11.7 Å². The molecule has 0 radical (unpaired) electrons. The van der Waals surface area contributed by atoms with Gasteiger partial charge in [-0.25, -0.2) is 0 Å². The molecule has 1 fully saturated rings. The topological polar surface area (TPSA) is 12.0 Å². The number of hydrogen-bond donors (Lipinski definition) is 1. The molecule has 3 atom stereocenters. The number of fused-ring (bicyclic) bond motifs is 1. The first-order valence-corrected chi connectivity index (χ1v) is 7.71. The summed E-state index contributed by atoms with van der Waals surface area (Å²) in [6.07, 6.45) is 9.78. The molecule has 3 rings (SSSR count). The maximum Gasteiger partial charge on any atom is 0.0374 e. The lowest BCUT2D eigenvalue weighted by atomic mass is 9.75. The molecule has 1 aromatic carbocycles. The molecule has 1 aliphatic heterocycles. The number of anilines is 1. The zero-order valence-electron chi connectivity index (χ0n) is 11.5. The second-order valence-electron chi connectivity index (χ2n) is 6.15. The highest BCUT2D eigenvalue weighted by atomic mass is 14.9. The summed E-state index contributed by atoms with van der Waals surface area (Å²) in [6, 6.07) is 9.57. The highest BCUT2D eigenvalue weighted by Gasteiger charge is 2.29. The predicted octanol–water partition coefficient (Wildman–Crippen LogP) is 4.63. The SMILES string of the molecule is CCC1CCCC(C2CCc3ccccc3N2)C1. The van der Waals surface area contributed by atoms with E-state index in [4.69, 9.17) is 0 Å². The first-order chi connectivity index (χ1) is 8.86. The monoisotopic (exact) mass is 243 g/mol. The van der Waals surface area contributed by atoms with Gasteiger partial charge in [0.05, 0.1) is 0 Å². The maximum absolute atomic E-state index is 3.81. The van der Waals surface area contributed by atoms with E-state index in [-0.39, 0.29) is 0 Å². The third-order valence-corrected chi connectivity index (χ3v) is 5.05. The third-order valence-electron chi connectivity index (χ3n) is 5.05. The van der Waals surface area contributed by atoms with Crippen molar-refractivity contribution in [1.29, 1.82) is 0 Å². The van der Waals surface area contributed by atoms with Crippen molar-refractivity contribution in [3.8, 4) is 0 Å². The molecular weight excluding hydrogens is 218 g/mol. The number of aryl methyl sites for hydroxylation is 1. The summed E-state index contributed by atoms with van der Waals surface area (Å²) < 4.78 is 0. The van der Waals surface area contributed by atoms with E-state index in [2.05, 4.69) is 36.5 Å². The van der Waals surface area contributed by atoms with E-state index in [9.17, 15) is 0 Å². The van der Waals surface area contributed by atoms with Crippen LogP contribution in [0.4, 0.5) is 5.69 Å². The van der Waals surface area contributed by atoms with Crippen LogP contribution >= 0.6 is 0 Å². The Morgan fingerprint density at radius 1 is 1.17 bits per heavy atom. The molecule has 18 heavy (non-hydrogen) atoms. The lowest BCUT2D eigenvalue weighted by Crippen LogP contribution is -2.35. The van der Waals surface area contributed by atoms with Crippen molar-refractivity contribution >= 4 is 5.69 Å². The molecule has 1 aromatic rings. The fraction of sp³-hybridized carbons (Fsp3) is 0.647. The van der Waals surface area contributed by atoms with Crippen molar-refractivity contribution in [3.63, 3.8) is 0 Å². The van der Waals surface area contributed by atoms with Gasteiger partial charge in [-0.15, -0.1) is 0 Å². The minimum atomic E-state index is 0.731. The third kappa shape index (κ3) is 2.41. The van der Waals surface area contributed by atoms with Crippen molar-refractivity contribution in [2.24, 2.45) is 11.8 Å². The van der Waals surface area contributed by atoms with Crippen LogP contribution in [-0.2, 0) is 6.42 Å². The van der Waals surface area contributed by atoms with Crippen LogP contribution in [0.2, 0.25) is 0 Å². The number of para-hydroxylation sites is 1.